The molecule has 1 fully saturated rings. The van der Waals surface area contributed by atoms with Crippen LogP contribution in [0.1, 0.15) is 35.1 Å². The fourth-order valence-corrected chi connectivity index (χ4v) is 5.86. The minimum atomic E-state index is -1.07. The zero-order valence-electron chi connectivity index (χ0n) is 16.2. The van der Waals surface area contributed by atoms with Gasteiger partial charge in [0, 0.05) is 32.5 Å². The van der Waals surface area contributed by atoms with Crippen LogP contribution in [0.2, 0.25) is 10.0 Å². The molecule has 3 aromatic carbocycles. The van der Waals surface area contributed by atoms with E-state index in [0.29, 0.717) is 15.7 Å². The number of amides is 2. The van der Waals surface area contributed by atoms with E-state index < -0.39 is 17.4 Å². The van der Waals surface area contributed by atoms with Gasteiger partial charge in [-0.25, -0.2) is 0 Å². The number of halogens is 3. The quantitative estimate of drug-likeness (QED) is 0.440. The van der Waals surface area contributed by atoms with Crippen molar-refractivity contribution in [3.05, 3.63) is 97.9 Å². The second kappa shape index (κ2) is 7.66. The Morgan fingerprint density at radius 1 is 0.935 bits per heavy atom. The van der Waals surface area contributed by atoms with E-state index in [4.69, 9.17) is 23.2 Å². The van der Waals surface area contributed by atoms with Crippen molar-refractivity contribution >= 4 is 56.6 Å². The van der Waals surface area contributed by atoms with E-state index in [1.807, 2.05) is 48.5 Å². The van der Waals surface area contributed by atoms with Gasteiger partial charge in [0.1, 0.15) is 5.41 Å². The van der Waals surface area contributed by atoms with Crippen LogP contribution in [0.15, 0.2) is 71.2 Å². The van der Waals surface area contributed by atoms with Crippen LogP contribution in [0.3, 0.4) is 0 Å². The maximum atomic E-state index is 13.8. The molecule has 0 aliphatic carbocycles. The molecule has 7 heteroatoms. The first kappa shape index (κ1) is 20.6. The minimum Gasteiger partial charge on any atom is -0.348 e. The van der Waals surface area contributed by atoms with Crippen LogP contribution in [0, 0.1) is 0 Å². The number of piperidine rings is 1. The third kappa shape index (κ3) is 3.18. The number of hydrogen-bond acceptors (Lipinski definition) is 2. The van der Waals surface area contributed by atoms with Gasteiger partial charge in [-0.15, -0.1) is 0 Å². The van der Waals surface area contributed by atoms with Gasteiger partial charge < -0.3 is 10.6 Å². The normalized spacial score (nSPS) is 24.6. The molecule has 1 spiro atoms. The summed E-state index contributed by atoms with van der Waals surface area (Å²) in [6.07, 6.45) is 0.163. The SMILES string of the molecule is O=C1C[C@@H](c2cccc(Cl)c2)[C@]2(C(=O)Nc3cc(Cl)ccc32)[C@H](c2ccccc2Br)N1. The summed E-state index contributed by atoms with van der Waals surface area (Å²) in [6.45, 7) is 0. The van der Waals surface area contributed by atoms with Crippen LogP contribution >= 0.6 is 39.1 Å². The molecule has 2 aliphatic rings. The Bertz CT molecular complexity index is 1230. The molecule has 0 unspecified atom stereocenters. The summed E-state index contributed by atoms with van der Waals surface area (Å²) in [7, 11) is 0. The van der Waals surface area contributed by atoms with Gasteiger partial charge in [0.15, 0.2) is 0 Å². The van der Waals surface area contributed by atoms with Crippen LogP contribution in [-0.2, 0) is 15.0 Å². The van der Waals surface area contributed by atoms with Gasteiger partial charge in [0.05, 0.1) is 6.04 Å². The van der Waals surface area contributed by atoms with E-state index in [-0.39, 0.29) is 18.2 Å². The molecule has 0 saturated carbocycles. The van der Waals surface area contributed by atoms with Crippen molar-refractivity contribution in [1.82, 2.24) is 5.32 Å². The molecule has 2 heterocycles. The Kier molecular flexibility index (Phi) is 5.08. The molecule has 0 bridgehead atoms. The first-order valence-corrected chi connectivity index (χ1v) is 11.4. The van der Waals surface area contributed by atoms with E-state index in [9.17, 15) is 9.59 Å². The molecule has 0 radical (unpaired) electrons. The lowest BCUT2D eigenvalue weighted by Gasteiger charge is -2.46. The van der Waals surface area contributed by atoms with Gasteiger partial charge in [-0.05, 0) is 47.0 Å². The fourth-order valence-electron chi connectivity index (χ4n) is 4.98. The fraction of sp³-hybridized carbons (Fsp3) is 0.167. The summed E-state index contributed by atoms with van der Waals surface area (Å²) in [5.41, 5.74) is 2.09. The van der Waals surface area contributed by atoms with Crippen LogP contribution in [0.25, 0.3) is 0 Å². The van der Waals surface area contributed by atoms with Gasteiger partial charge >= 0.3 is 0 Å². The van der Waals surface area contributed by atoms with Gasteiger partial charge in [0.2, 0.25) is 11.8 Å². The highest BCUT2D eigenvalue weighted by molar-refractivity contribution is 9.10. The average molecular weight is 516 g/mol. The molecule has 1 saturated heterocycles. The largest absolute Gasteiger partial charge is 0.348 e. The molecule has 2 amide bonds. The van der Waals surface area contributed by atoms with Crippen LogP contribution < -0.4 is 10.6 Å². The van der Waals surface area contributed by atoms with Crippen LogP contribution in [0.5, 0.6) is 0 Å². The Balaban J connectivity index is 1.83. The molecule has 4 nitrogen and oxygen atoms in total. The summed E-state index contributed by atoms with van der Waals surface area (Å²) in [5, 5.41) is 7.23. The zero-order valence-corrected chi connectivity index (χ0v) is 19.3. The molecular formula is C24H17BrCl2N2O2. The highest BCUT2D eigenvalue weighted by Crippen LogP contribution is 2.58. The van der Waals surface area contributed by atoms with Gasteiger partial charge in [0.25, 0.3) is 0 Å². The number of anilines is 1. The predicted octanol–water partition coefficient (Wildman–Crippen LogP) is 5.99. The van der Waals surface area contributed by atoms with E-state index in [2.05, 4.69) is 26.6 Å². The van der Waals surface area contributed by atoms with Crippen LogP contribution in [-0.4, -0.2) is 11.8 Å². The van der Waals surface area contributed by atoms with Crippen molar-refractivity contribution in [2.24, 2.45) is 0 Å². The highest BCUT2D eigenvalue weighted by atomic mass is 79.9. The number of hydrogen-bond donors (Lipinski definition) is 2. The maximum Gasteiger partial charge on any atom is 0.238 e. The Morgan fingerprint density at radius 2 is 1.71 bits per heavy atom. The second-order valence-electron chi connectivity index (χ2n) is 7.85. The van der Waals surface area contributed by atoms with Gasteiger partial charge in [-0.1, -0.05) is 75.5 Å². The maximum absolute atomic E-state index is 13.8. The van der Waals surface area contributed by atoms with E-state index in [0.717, 1.165) is 21.2 Å². The lowest BCUT2D eigenvalue weighted by Crippen LogP contribution is -2.56. The molecule has 2 aliphatic heterocycles. The number of fused-ring (bicyclic) bond motifs is 2. The molecule has 2 N–H and O–H groups in total. The summed E-state index contributed by atoms with van der Waals surface area (Å²) in [6, 6.07) is 19.9. The highest BCUT2D eigenvalue weighted by Gasteiger charge is 2.61. The number of carbonyl (C=O) groups is 2. The Labute approximate surface area is 198 Å². The van der Waals surface area contributed by atoms with Crippen molar-refractivity contribution in [2.45, 2.75) is 23.8 Å². The molecular weight excluding hydrogens is 499 g/mol. The minimum absolute atomic E-state index is 0.119. The summed E-state index contributed by atoms with van der Waals surface area (Å²) >= 11 is 16.2. The Hall–Kier alpha value is -2.34. The summed E-state index contributed by atoms with van der Waals surface area (Å²) in [5.74, 6) is -0.707. The topological polar surface area (TPSA) is 58.2 Å². The van der Waals surface area contributed by atoms with E-state index in [1.54, 1.807) is 18.2 Å². The monoisotopic (exact) mass is 514 g/mol. The standard InChI is InChI=1S/C24H17BrCl2N2O2/c25-19-7-2-1-6-16(19)22-24(17-9-8-15(27)11-20(17)28-23(24)31)18(12-21(30)29-22)13-4-3-5-14(26)10-13/h1-11,18,22H,12H2,(H,28,31)(H,29,30)/t18-,22-,24-/m0/s1. The first-order valence-electron chi connectivity index (χ1n) is 9.82. The van der Waals surface area contributed by atoms with Gasteiger partial charge in [-0.2, -0.15) is 0 Å². The number of carbonyl (C=O) groups excluding carboxylic acids is 2. The molecule has 0 aromatic heterocycles. The molecule has 3 atom stereocenters. The van der Waals surface area contributed by atoms with Crippen molar-refractivity contribution in [2.75, 3.05) is 5.32 Å². The number of nitrogens with one attached hydrogen (secondary N) is 2. The van der Waals surface area contributed by atoms with E-state index >= 15 is 0 Å². The molecule has 31 heavy (non-hydrogen) atoms. The lowest BCUT2D eigenvalue weighted by atomic mass is 9.59. The Morgan fingerprint density at radius 3 is 2.48 bits per heavy atom. The predicted molar refractivity (Wildman–Crippen MR) is 126 cm³/mol. The third-order valence-corrected chi connectivity index (χ3v) is 7.41. The lowest BCUT2D eigenvalue weighted by molar-refractivity contribution is -0.131. The van der Waals surface area contributed by atoms with Crippen LogP contribution in [0.4, 0.5) is 5.69 Å². The van der Waals surface area contributed by atoms with Crippen molar-refractivity contribution < 1.29 is 9.59 Å². The number of rotatable bonds is 2. The summed E-state index contributed by atoms with van der Waals surface area (Å²) in [4.78, 5) is 26.8. The third-order valence-electron chi connectivity index (χ3n) is 6.22. The smallest absolute Gasteiger partial charge is 0.238 e. The van der Waals surface area contributed by atoms with Gasteiger partial charge in [-0.3, -0.25) is 9.59 Å². The van der Waals surface area contributed by atoms with Crippen molar-refractivity contribution in [1.29, 1.82) is 0 Å². The zero-order chi connectivity index (χ0) is 21.8. The van der Waals surface area contributed by atoms with E-state index in [1.165, 1.54) is 0 Å². The molecule has 156 valence electrons. The average Bonchev–Trinajstić information content (AvgIpc) is 3.01. The molecule has 5 rings (SSSR count). The number of benzene rings is 3. The molecule has 3 aromatic rings. The second-order valence-corrected chi connectivity index (χ2v) is 9.57. The summed E-state index contributed by atoms with van der Waals surface area (Å²) < 4.78 is 0.821. The van der Waals surface area contributed by atoms with Crippen molar-refractivity contribution in [3.8, 4) is 0 Å². The van der Waals surface area contributed by atoms with Crippen molar-refractivity contribution in [3.63, 3.8) is 0 Å². The first-order chi connectivity index (χ1) is 14.9.